The molecule has 2 unspecified atom stereocenters. The highest BCUT2D eigenvalue weighted by atomic mass is 19.4. The predicted molar refractivity (Wildman–Crippen MR) is 81.1 cm³/mol. The number of halogens is 3. The largest absolute Gasteiger partial charge is 0.391 e. The van der Waals surface area contributed by atoms with E-state index < -0.39 is 24.7 Å². The molecular weight excluding hydrogens is 309 g/mol. The van der Waals surface area contributed by atoms with Crippen LogP contribution in [0.15, 0.2) is 30.3 Å². The van der Waals surface area contributed by atoms with Gasteiger partial charge in [-0.1, -0.05) is 18.2 Å². The first-order chi connectivity index (χ1) is 10.8. The highest BCUT2D eigenvalue weighted by molar-refractivity contribution is 5.97. The first kappa shape index (κ1) is 17.7. The van der Waals surface area contributed by atoms with Gasteiger partial charge in [-0.05, 0) is 32.0 Å². The minimum absolute atomic E-state index is 0.135. The number of aliphatic hydroxyl groups excluding tert-OH is 1. The molecule has 1 aromatic rings. The number of likely N-dealkylation sites (N-methyl/N-ethyl adjacent to an activating group) is 1. The fraction of sp³-hybridized carbons (Fsp3) is 0.562. The van der Waals surface area contributed by atoms with E-state index >= 15 is 0 Å². The number of aliphatic hydroxyl groups is 1. The molecule has 128 valence electrons. The number of hydrogen-bond donors (Lipinski definition) is 1. The van der Waals surface area contributed by atoms with Crippen LogP contribution in [0.3, 0.4) is 0 Å². The Kier molecular flexibility index (Phi) is 5.64. The zero-order chi connectivity index (χ0) is 17.0. The second-order valence-electron chi connectivity index (χ2n) is 5.90. The van der Waals surface area contributed by atoms with Crippen LogP contribution in [-0.2, 0) is 4.79 Å². The van der Waals surface area contributed by atoms with E-state index in [4.69, 9.17) is 0 Å². The lowest BCUT2D eigenvalue weighted by Crippen LogP contribution is -2.53. The summed E-state index contributed by atoms with van der Waals surface area (Å²) in [7, 11) is 1.58. The molecule has 1 saturated heterocycles. The third-order valence-corrected chi connectivity index (χ3v) is 3.98. The van der Waals surface area contributed by atoms with Crippen LogP contribution in [-0.4, -0.2) is 54.4 Å². The van der Waals surface area contributed by atoms with Crippen LogP contribution in [0.5, 0.6) is 0 Å². The molecule has 1 aliphatic rings. The van der Waals surface area contributed by atoms with Crippen LogP contribution >= 0.6 is 0 Å². The second-order valence-corrected chi connectivity index (χ2v) is 5.90. The Morgan fingerprint density at radius 2 is 2.00 bits per heavy atom. The van der Waals surface area contributed by atoms with Crippen LogP contribution in [0.2, 0.25) is 0 Å². The van der Waals surface area contributed by atoms with Crippen molar-refractivity contribution in [3.05, 3.63) is 30.3 Å². The number of anilines is 1. The lowest BCUT2D eigenvalue weighted by atomic mass is 10.0. The summed E-state index contributed by atoms with van der Waals surface area (Å²) in [5, 5.41) is 9.57. The third kappa shape index (κ3) is 4.94. The van der Waals surface area contributed by atoms with Crippen molar-refractivity contribution in [3.8, 4) is 0 Å². The molecule has 1 aliphatic heterocycles. The summed E-state index contributed by atoms with van der Waals surface area (Å²) in [5.74, 6) is -0.135. The molecule has 1 heterocycles. The average Bonchev–Trinajstić information content (AvgIpc) is 2.46. The van der Waals surface area contributed by atoms with Crippen molar-refractivity contribution in [1.29, 1.82) is 0 Å². The van der Waals surface area contributed by atoms with Crippen molar-refractivity contribution in [2.45, 2.75) is 37.6 Å². The number of amides is 1. The Bertz CT molecular complexity index is 522. The number of alkyl halides is 3. The molecule has 23 heavy (non-hydrogen) atoms. The van der Waals surface area contributed by atoms with E-state index in [-0.39, 0.29) is 12.5 Å². The van der Waals surface area contributed by atoms with Gasteiger partial charge in [0.25, 0.3) is 0 Å². The summed E-state index contributed by atoms with van der Waals surface area (Å²) in [6, 6.07) is 8.69. The number of nitrogens with zero attached hydrogens (tertiary/aromatic N) is 2. The lowest BCUT2D eigenvalue weighted by Gasteiger charge is -2.37. The van der Waals surface area contributed by atoms with Gasteiger partial charge in [0, 0.05) is 18.8 Å². The van der Waals surface area contributed by atoms with Crippen LogP contribution in [0.4, 0.5) is 18.9 Å². The van der Waals surface area contributed by atoms with E-state index in [0.717, 1.165) is 12.1 Å². The molecular formula is C16H21F3N2O2. The van der Waals surface area contributed by atoms with Crippen LogP contribution in [0.1, 0.15) is 19.3 Å². The van der Waals surface area contributed by atoms with E-state index in [2.05, 4.69) is 0 Å². The Balaban J connectivity index is 2.00. The van der Waals surface area contributed by atoms with Crippen molar-refractivity contribution in [2.24, 2.45) is 0 Å². The second kappa shape index (κ2) is 7.31. The third-order valence-electron chi connectivity index (χ3n) is 3.98. The Hall–Kier alpha value is -1.60. The van der Waals surface area contributed by atoms with Gasteiger partial charge in [-0.2, -0.15) is 13.2 Å². The molecule has 4 nitrogen and oxygen atoms in total. The first-order valence-electron chi connectivity index (χ1n) is 7.59. The molecule has 7 heteroatoms. The van der Waals surface area contributed by atoms with Gasteiger partial charge in [0.1, 0.15) is 0 Å². The Labute approximate surface area is 133 Å². The summed E-state index contributed by atoms with van der Waals surface area (Å²) in [4.78, 5) is 15.8. The molecule has 1 amide bonds. The number of piperidine rings is 1. The number of carbonyl (C=O) groups excluding carboxylic acids is 1. The van der Waals surface area contributed by atoms with Crippen LogP contribution in [0.25, 0.3) is 0 Å². The predicted octanol–water partition coefficient (Wildman–Crippen LogP) is 2.43. The van der Waals surface area contributed by atoms with Gasteiger partial charge in [0.15, 0.2) is 0 Å². The van der Waals surface area contributed by atoms with Crippen molar-refractivity contribution < 1.29 is 23.1 Å². The molecule has 1 N–H and O–H groups in total. The first-order valence-corrected chi connectivity index (χ1v) is 7.59. The van der Waals surface area contributed by atoms with E-state index in [9.17, 15) is 23.1 Å². The van der Waals surface area contributed by atoms with Gasteiger partial charge in [-0.25, -0.2) is 0 Å². The van der Waals surface area contributed by atoms with Gasteiger partial charge in [-0.3, -0.25) is 9.69 Å². The monoisotopic (exact) mass is 330 g/mol. The van der Waals surface area contributed by atoms with Crippen molar-refractivity contribution in [1.82, 2.24) is 4.90 Å². The van der Waals surface area contributed by atoms with Gasteiger partial charge < -0.3 is 10.0 Å². The minimum Gasteiger partial charge on any atom is -0.391 e. The van der Waals surface area contributed by atoms with Gasteiger partial charge in [-0.15, -0.1) is 0 Å². The van der Waals surface area contributed by atoms with Gasteiger partial charge >= 0.3 is 6.18 Å². The zero-order valence-corrected chi connectivity index (χ0v) is 13.0. The Morgan fingerprint density at radius 3 is 2.61 bits per heavy atom. The maximum Gasteiger partial charge on any atom is 0.391 e. The average molecular weight is 330 g/mol. The van der Waals surface area contributed by atoms with E-state index in [0.29, 0.717) is 13.0 Å². The summed E-state index contributed by atoms with van der Waals surface area (Å²) in [6.45, 7) is 0.414. The molecule has 2 atom stereocenters. The quantitative estimate of drug-likeness (QED) is 0.902. The molecule has 1 fully saturated rings. The van der Waals surface area contributed by atoms with E-state index in [1.807, 2.05) is 30.3 Å². The SMILES string of the molecule is CN(CC(O)CC(F)(F)F)C1CCCN(c2ccccc2)C1=O. The summed E-state index contributed by atoms with van der Waals surface area (Å²) < 4.78 is 36.9. The molecule has 0 bridgehead atoms. The fourth-order valence-electron chi connectivity index (χ4n) is 2.92. The summed E-state index contributed by atoms with van der Waals surface area (Å²) in [6.07, 6.45) is -5.85. The number of para-hydroxylation sites is 1. The van der Waals surface area contributed by atoms with E-state index in [1.165, 1.54) is 4.90 Å². The minimum atomic E-state index is -4.41. The lowest BCUT2D eigenvalue weighted by molar-refractivity contribution is -0.155. The number of hydrogen-bond acceptors (Lipinski definition) is 3. The van der Waals surface area contributed by atoms with E-state index in [1.54, 1.807) is 11.9 Å². The molecule has 0 spiro atoms. The molecule has 0 radical (unpaired) electrons. The number of carbonyl (C=O) groups is 1. The van der Waals surface area contributed by atoms with Gasteiger partial charge in [0.2, 0.25) is 5.91 Å². The fourth-order valence-corrected chi connectivity index (χ4v) is 2.92. The number of rotatable bonds is 5. The zero-order valence-electron chi connectivity index (χ0n) is 13.0. The van der Waals surface area contributed by atoms with Crippen molar-refractivity contribution in [3.63, 3.8) is 0 Å². The molecule has 0 saturated carbocycles. The summed E-state index contributed by atoms with van der Waals surface area (Å²) >= 11 is 0. The van der Waals surface area contributed by atoms with Gasteiger partial charge in [0.05, 0.1) is 18.6 Å². The summed E-state index contributed by atoms with van der Waals surface area (Å²) in [5.41, 5.74) is 0.784. The van der Waals surface area contributed by atoms with Crippen molar-refractivity contribution in [2.75, 3.05) is 25.0 Å². The maximum atomic E-state index is 12.6. The highest BCUT2D eigenvalue weighted by Crippen LogP contribution is 2.25. The normalized spacial score (nSPS) is 20.9. The molecule has 0 aliphatic carbocycles. The molecule has 0 aromatic heterocycles. The maximum absolute atomic E-state index is 12.6. The topological polar surface area (TPSA) is 43.8 Å². The smallest absolute Gasteiger partial charge is 0.391 e. The molecule has 1 aromatic carbocycles. The molecule has 2 rings (SSSR count). The standard InChI is InChI=1S/C16H21F3N2O2/c1-20(11-13(22)10-16(17,18)19)14-8-5-9-21(15(14)23)12-6-3-2-4-7-12/h2-4,6-7,13-14,22H,5,8-11H2,1H3. The van der Waals surface area contributed by atoms with Crippen LogP contribution < -0.4 is 4.90 Å². The van der Waals surface area contributed by atoms with Crippen molar-refractivity contribution >= 4 is 11.6 Å². The number of benzene rings is 1. The Morgan fingerprint density at radius 1 is 1.35 bits per heavy atom. The van der Waals surface area contributed by atoms with Crippen LogP contribution in [0, 0.1) is 0 Å². The highest BCUT2D eigenvalue weighted by Gasteiger charge is 2.35.